The molecule has 0 radical (unpaired) electrons. The number of esters is 1. The van der Waals surface area contributed by atoms with E-state index < -0.39 is 11.9 Å². The minimum Gasteiger partial charge on any atom is -0.493 e. The minimum atomic E-state index is -0.633. The van der Waals surface area contributed by atoms with E-state index in [1.165, 1.54) is 12.1 Å². The first-order valence-electron chi connectivity index (χ1n) is 11.7. The maximum absolute atomic E-state index is 12.6. The summed E-state index contributed by atoms with van der Waals surface area (Å²) in [5.74, 6) is 0.539. The van der Waals surface area contributed by atoms with E-state index in [1.807, 2.05) is 18.2 Å². The van der Waals surface area contributed by atoms with E-state index in [0.29, 0.717) is 36.6 Å². The third-order valence-corrected chi connectivity index (χ3v) is 5.72. The molecule has 0 fully saturated rings. The number of hydrogen-bond acceptors (Lipinski definition) is 7. The van der Waals surface area contributed by atoms with Crippen LogP contribution in [0.2, 0.25) is 5.02 Å². The number of nitriles is 1. The third kappa shape index (κ3) is 7.28. The molecule has 0 aliphatic heterocycles. The SMILES string of the molecule is CCOc1cc(/C=C(\C#N)C(=O)NCCc2ccc(OC)c(OC)c2)ccc1OC(=O)c1ccccc1Cl. The molecular formula is C29H27ClN2O6. The average molecular weight is 535 g/mol. The lowest BCUT2D eigenvalue weighted by Crippen LogP contribution is -2.26. The molecule has 0 saturated carbocycles. The van der Waals surface area contributed by atoms with Crippen molar-refractivity contribution in [2.75, 3.05) is 27.4 Å². The highest BCUT2D eigenvalue weighted by Crippen LogP contribution is 2.31. The van der Waals surface area contributed by atoms with E-state index in [1.54, 1.807) is 63.6 Å². The molecule has 38 heavy (non-hydrogen) atoms. The van der Waals surface area contributed by atoms with Gasteiger partial charge in [0.2, 0.25) is 0 Å². The van der Waals surface area contributed by atoms with E-state index in [4.69, 9.17) is 30.5 Å². The Morgan fingerprint density at radius 2 is 1.71 bits per heavy atom. The second-order valence-corrected chi connectivity index (χ2v) is 8.28. The molecule has 1 amide bonds. The fourth-order valence-corrected chi connectivity index (χ4v) is 3.73. The zero-order valence-electron chi connectivity index (χ0n) is 21.2. The molecule has 0 aliphatic rings. The smallest absolute Gasteiger partial charge is 0.345 e. The summed E-state index contributed by atoms with van der Waals surface area (Å²) in [7, 11) is 3.12. The van der Waals surface area contributed by atoms with E-state index in [9.17, 15) is 14.9 Å². The van der Waals surface area contributed by atoms with Crippen molar-refractivity contribution >= 4 is 29.6 Å². The first-order valence-corrected chi connectivity index (χ1v) is 12.1. The average Bonchev–Trinajstić information content (AvgIpc) is 2.93. The fourth-order valence-electron chi connectivity index (χ4n) is 3.52. The molecule has 0 saturated heterocycles. The summed E-state index contributed by atoms with van der Waals surface area (Å²) in [6, 6.07) is 18.7. The standard InChI is InChI=1S/C29H27ClN2O6/c1-4-37-27-17-20(10-12-25(27)38-29(34)22-7-5-6-8-23(22)30)15-21(18-31)28(33)32-14-13-19-9-11-24(35-2)26(16-19)36-3/h5-12,15-17H,4,13-14H2,1-3H3,(H,32,33)/b21-15+. The Morgan fingerprint density at radius 1 is 0.974 bits per heavy atom. The number of hydrogen-bond donors (Lipinski definition) is 1. The molecule has 0 heterocycles. The van der Waals surface area contributed by atoms with Gasteiger partial charge in [0, 0.05) is 6.54 Å². The van der Waals surface area contributed by atoms with Gasteiger partial charge in [-0.2, -0.15) is 5.26 Å². The molecule has 3 aromatic carbocycles. The van der Waals surface area contributed by atoms with Crippen molar-refractivity contribution in [2.24, 2.45) is 0 Å². The molecule has 0 aromatic heterocycles. The molecule has 0 unspecified atom stereocenters. The second kappa shape index (κ2) is 13.7. The molecule has 9 heteroatoms. The zero-order chi connectivity index (χ0) is 27.5. The molecule has 196 valence electrons. The Bertz CT molecular complexity index is 1380. The lowest BCUT2D eigenvalue weighted by molar-refractivity contribution is -0.117. The van der Waals surface area contributed by atoms with Gasteiger partial charge in [0.15, 0.2) is 23.0 Å². The lowest BCUT2D eigenvalue weighted by atomic mass is 10.1. The van der Waals surface area contributed by atoms with Gasteiger partial charge in [0.1, 0.15) is 11.6 Å². The van der Waals surface area contributed by atoms with Crippen LogP contribution in [0.15, 0.2) is 66.2 Å². The van der Waals surface area contributed by atoms with Crippen LogP contribution in [-0.2, 0) is 11.2 Å². The van der Waals surface area contributed by atoms with Crippen LogP contribution in [0.4, 0.5) is 0 Å². The molecule has 3 rings (SSSR count). The molecule has 0 spiro atoms. The summed E-state index contributed by atoms with van der Waals surface area (Å²) < 4.78 is 21.7. The number of carbonyl (C=O) groups is 2. The predicted molar refractivity (Wildman–Crippen MR) is 144 cm³/mol. The summed E-state index contributed by atoms with van der Waals surface area (Å²) in [6.07, 6.45) is 1.97. The van der Waals surface area contributed by atoms with Gasteiger partial charge in [0.25, 0.3) is 5.91 Å². The van der Waals surface area contributed by atoms with Crippen molar-refractivity contribution in [3.63, 3.8) is 0 Å². The predicted octanol–water partition coefficient (Wildman–Crippen LogP) is 5.24. The fraction of sp³-hybridized carbons (Fsp3) is 0.207. The van der Waals surface area contributed by atoms with Gasteiger partial charge in [0.05, 0.1) is 31.4 Å². The number of nitrogens with one attached hydrogen (secondary N) is 1. The number of amides is 1. The third-order valence-electron chi connectivity index (χ3n) is 5.39. The van der Waals surface area contributed by atoms with Gasteiger partial charge in [-0.25, -0.2) is 4.79 Å². The maximum Gasteiger partial charge on any atom is 0.345 e. The lowest BCUT2D eigenvalue weighted by Gasteiger charge is -2.12. The highest BCUT2D eigenvalue weighted by Gasteiger charge is 2.16. The quantitative estimate of drug-likeness (QED) is 0.155. The van der Waals surface area contributed by atoms with Crippen LogP contribution >= 0.6 is 11.6 Å². The largest absolute Gasteiger partial charge is 0.493 e. The summed E-state index contributed by atoms with van der Waals surface area (Å²) in [4.78, 5) is 25.2. The van der Waals surface area contributed by atoms with Crippen LogP contribution in [0.25, 0.3) is 6.08 Å². The number of benzene rings is 3. The number of ether oxygens (including phenoxy) is 4. The molecule has 0 atom stereocenters. The molecular weight excluding hydrogens is 508 g/mol. The Kier molecular flexibility index (Phi) is 10.1. The van der Waals surface area contributed by atoms with Crippen LogP contribution in [0.1, 0.15) is 28.4 Å². The Balaban J connectivity index is 1.70. The zero-order valence-corrected chi connectivity index (χ0v) is 22.0. The van der Waals surface area contributed by atoms with Crippen molar-refractivity contribution in [1.82, 2.24) is 5.32 Å². The highest BCUT2D eigenvalue weighted by atomic mass is 35.5. The summed E-state index contributed by atoms with van der Waals surface area (Å²) in [5, 5.41) is 12.6. The number of methoxy groups -OCH3 is 2. The van der Waals surface area contributed by atoms with Gasteiger partial charge in [-0.3, -0.25) is 4.79 Å². The van der Waals surface area contributed by atoms with E-state index >= 15 is 0 Å². The topological polar surface area (TPSA) is 107 Å². The molecule has 1 N–H and O–H groups in total. The highest BCUT2D eigenvalue weighted by molar-refractivity contribution is 6.33. The Labute approximate surface area is 226 Å². The first-order chi connectivity index (χ1) is 18.4. The van der Waals surface area contributed by atoms with Gasteiger partial charge in [-0.05, 0) is 66.9 Å². The van der Waals surface area contributed by atoms with E-state index in [-0.39, 0.29) is 27.7 Å². The number of carbonyl (C=O) groups excluding carboxylic acids is 2. The Morgan fingerprint density at radius 3 is 2.39 bits per heavy atom. The number of nitrogens with zero attached hydrogens (tertiary/aromatic N) is 1. The normalized spacial score (nSPS) is 10.8. The van der Waals surface area contributed by atoms with Gasteiger partial charge in [-0.15, -0.1) is 0 Å². The van der Waals surface area contributed by atoms with Crippen LogP contribution in [-0.4, -0.2) is 39.2 Å². The van der Waals surface area contributed by atoms with Gasteiger partial charge in [-0.1, -0.05) is 35.9 Å². The first kappa shape index (κ1) is 28.1. The van der Waals surface area contributed by atoms with Gasteiger partial charge < -0.3 is 24.3 Å². The van der Waals surface area contributed by atoms with Crippen LogP contribution in [0, 0.1) is 11.3 Å². The molecule has 0 bridgehead atoms. The van der Waals surface area contributed by atoms with Crippen LogP contribution in [0.3, 0.4) is 0 Å². The number of rotatable bonds is 11. The van der Waals surface area contributed by atoms with E-state index in [2.05, 4.69) is 5.32 Å². The van der Waals surface area contributed by atoms with Crippen molar-refractivity contribution in [2.45, 2.75) is 13.3 Å². The minimum absolute atomic E-state index is 0.0828. The monoisotopic (exact) mass is 534 g/mol. The van der Waals surface area contributed by atoms with Crippen molar-refractivity contribution in [3.8, 4) is 29.1 Å². The van der Waals surface area contributed by atoms with Gasteiger partial charge >= 0.3 is 5.97 Å². The molecule has 0 aliphatic carbocycles. The number of halogens is 1. The summed E-state index contributed by atoms with van der Waals surface area (Å²) in [6.45, 7) is 2.41. The van der Waals surface area contributed by atoms with Crippen LogP contribution < -0.4 is 24.3 Å². The van der Waals surface area contributed by atoms with Crippen molar-refractivity contribution in [3.05, 3.63) is 87.9 Å². The van der Waals surface area contributed by atoms with E-state index in [0.717, 1.165) is 5.56 Å². The molecule has 3 aromatic rings. The van der Waals surface area contributed by atoms with Crippen molar-refractivity contribution < 1.29 is 28.5 Å². The molecule has 8 nitrogen and oxygen atoms in total. The van der Waals surface area contributed by atoms with Crippen LogP contribution in [0.5, 0.6) is 23.0 Å². The van der Waals surface area contributed by atoms with Crippen molar-refractivity contribution in [1.29, 1.82) is 5.26 Å². The summed E-state index contributed by atoms with van der Waals surface area (Å²) >= 11 is 6.09. The maximum atomic E-state index is 12.6. The summed E-state index contributed by atoms with van der Waals surface area (Å²) in [5.41, 5.74) is 1.60. The Hall–Kier alpha value is -4.48. The second-order valence-electron chi connectivity index (χ2n) is 7.87.